The Balaban J connectivity index is 0.00000162. The van der Waals surface area contributed by atoms with Gasteiger partial charge in [0.25, 0.3) is 5.82 Å². The summed E-state index contributed by atoms with van der Waals surface area (Å²) in [7, 11) is 0. The first kappa shape index (κ1) is 16.0. The lowest BCUT2D eigenvalue weighted by atomic mass is 10.3. The molecule has 1 aromatic heterocycles. The van der Waals surface area contributed by atoms with Crippen molar-refractivity contribution in [1.29, 1.82) is 0 Å². The molecule has 0 atom stereocenters. The van der Waals surface area contributed by atoms with Gasteiger partial charge in [-0.05, 0) is 6.92 Å². The van der Waals surface area contributed by atoms with Gasteiger partial charge in [-0.3, -0.25) is 0 Å². The second-order valence-corrected chi connectivity index (χ2v) is 4.74. The first-order valence-electron chi connectivity index (χ1n) is 5.58. The quantitative estimate of drug-likeness (QED) is 0.549. The Labute approximate surface area is 133 Å². The first-order chi connectivity index (χ1) is 8.10. The number of aryl methyl sites for hydroxylation is 1. The van der Waals surface area contributed by atoms with Crippen LogP contribution < -0.4 is 28.5 Å². The van der Waals surface area contributed by atoms with Crippen LogP contribution in [0.15, 0.2) is 12.1 Å². The highest BCUT2D eigenvalue weighted by Crippen LogP contribution is 2.27. The summed E-state index contributed by atoms with van der Waals surface area (Å²) in [6.45, 7) is 5.64. The van der Waals surface area contributed by atoms with Crippen molar-refractivity contribution in [1.82, 2.24) is 4.57 Å². The molecule has 6 heteroatoms. The maximum Gasteiger partial charge on any atom is 0.254 e. The maximum atomic E-state index is 9.12. The van der Waals surface area contributed by atoms with Crippen molar-refractivity contribution in [3.8, 4) is 0 Å². The topological polar surface area (TPSA) is 29.0 Å². The third-order valence-electron chi connectivity index (χ3n) is 3.02. The molecule has 0 aliphatic rings. The van der Waals surface area contributed by atoms with E-state index in [-0.39, 0.29) is 30.6 Å². The van der Waals surface area contributed by atoms with Gasteiger partial charge < -0.3 is 29.1 Å². The summed E-state index contributed by atoms with van der Waals surface area (Å²) in [6, 6.07) is 3.73. The van der Waals surface area contributed by atoms with Crippen LogP contribution in [0.3, 0.4) is 0 Å². The van der Waals surface area contributed by atoms with E-state index in [0.717, 1.165) is 23.4 Å². The van der Waals surface area contributed by atoms with Crippen LogP contribution in [-0.4, -0.2) is 16.3 Å². The Bertz CT molecular complexity index is 569. The summed E-state index contributed by atoms with van der Waals surface area (Å²) in [4.78, 5) is 0. The van der Waals surface area contributed by atoms with Crippen molar-refractivity contribution < 1.29 is 33.7 Å². The van der Waals surface area contributed by atoms with E-state index in [0.29, 0.717) is 16.6 Å². The highest BCUT2D eigenvalue weighted by Gasteiger charge is 2.21. The molecule has 0 bridgehead atoms. The number of imidazole rings is 1. The minimum atomic E-state index is 0. The Hall–Kier alpha value is -0.0400. The second-order valence-electron chi connectivity index (χ2n) is 3.92. The molecular formula is C12H15Cl2IN2O. The molecule has 0 aliphatic carbocycles. The van der Waals surface area contributed by atoms with Gasteiger partial charge in [0.2, 0.25) is 0 Å². The lowest BCUT2D eigenvalue weighted by Gasteiger charge is -1.97. The van der Waals surface area contributed by atoms with E-state index in [9.17, 15) is 0 Å². The number of benzene rings is 1. The third-order valence-corrected chi connectivity index (χ3v) is 3.74. The molecule has 0 spiro atoms. The number of hydrogen-bond acceptors (Lipinski definition) is 1. The molecule has 3 nitrogen and oxygen atoms in total. The van der Waals surface area contributed by atoms with Gasteiger partial charge in [-0.15, -0.1) is 0 Å². The highest BCUT2D eigenvalue weighted by atomic mass is 127. The largest absolute Gasteiger partial charge is 1.00 e. The lowest BCUT2D eigenvalue weighted by molar-refractivity contribution is -0.679. The van der Waals surface area contributed by atoms with Gasteiger partial charge in [0.1, 0.15) is 6.54 Å². The molecule has 0 unspecified atom stereocenters. The smallest absolute Gasteiger partial charge is 0.254 e. The Morgan fingerprint density at radius 1 is 1.28 bits per heavy atom. The summed E-state index contributed by atoms with van der Waals surface area (Å²) < 4.78 is 4.22. The molecule has 1 heterocycles. The normalized spacial score (nSPS) is 10.7. The van der Waals surface area contributed by atoms with Crippen molar-refractivity contribution in [3.63, 3.8) is 0 Å². The molecular weight excluding hydrogens is 386 g/mol. The van der Waals surface area contributed by atoms with Crippen LogP contribution in [0.4, 0.5) is 0 Å². The molecule has 0 fully saturated rings. The number of rotatable bonds is 3. The van der Waals surface area contributed by atoms with E-state index in [4.69, 9.17) is 28.3 Å². The zero-order valence-electron chi connectivity index (χ0n) is 10.3. The molecule has 1 aromatic carbocycles. The van der Waals surface area contributed by atoms with E-state index in [1.54, 1.807) is 0 Å². The number of halogens is 3. The number of fused-ring (bicyclic) bond motifs is 1. The van der Waals surface area contributed by atoms with E-state index in [1.807, 2.05) is 19.1 Å². The van der Waals surface area contributed by atoms with Crippen LogP contribution in [0, 0.1) is 6.92 Å². The summed E-state index contributed by atoms with van der Waals surface area (Å²) in [5.74, 6) is 1.09. The van der Waals surface area contributed by atoms with Crippen LogP contribution in [-0.2, 0) is 13.1 Å². The van der Waals surface area contributed by atoms with Gasteiger partial charge in [0.15, 0.2) is 11.0 Å². The number of aromatic nitrogens is 2. The van der Waals surface area contributed by atoms with Gasteiger partial charge in [-0.25, -0.2) is 9.13 Å². The fourth-order valence-corrected chi connectivity index (χ4v) is 2.55. The van der Waals surface area contributed by atoms with Gasteiger partial charge >= 0.3 is 0 Å². The predicted molar refractivity (Wildman–Crippen MR) is 69.6 cm³/mol. The minimum Gasteiger partial charge on any atom is -1.00 e. The van der Waals surface area contributed by atoms with Crippen LogP contribution in [0.1, 0.15) is 12.7 Å². The zero-order chi connectivity index (χ0) is 12.6. The Morgan fingerprint density at radius 3 is 2.44 bits per heavy atom. The minimum absolute atomic E-state index is 0. The van der Waals surface area contributed by atoms with Crippen LogP contribution in [0.5, 0.6) is 0 Å². The van der Waals surface area contributed by atoms with Crippen LogP contribution in [0.2, 0.25) is 10.0 Å². The van der Waals surface area contributed by atoms with Gasteiger partial charge in [-0.1, -0.05) is 23.2 Å². The van der Waals surface area contributed by atoms with Gasteiger partial charge in [-0.2, -0.15) is 0 Å². The fraction of sp³-hybridized carbons (Fsp3) is 0.417. The van der Waals surface area contributed by atoms with Gasteiger partial charge in [0, 0.05) is 19.1 Å². The number of hydrogen-bond donors (Lipinski definition) is 1. The van der Waals surface area contributed by atoms with Gasteiger partial charge in [0.05, 0.1) is 23.2 Å². The van der Waals surface area contributed by atoms with Crippen LogP contribution in [0.25, 0.3) is 11.0 Å². The average Bonchev–Trinajstić information content (AvgIpc) is 2.54. The maximum absolute atomic E-state index is 9.12. The molecule has 18 heavy (non-hydrogen) atoms. The van der Waals surface area contributed by atoms with Crippen molar-refractivity contribution in [3.05, 3.63) is 28.0 Å². The molecule has 0 amide bonds. The monoisotopic (exact) mass is 400 g/mol. The zero-order valence-corrected chi connectivity index (χ0v) is 13.9. The third kappa shape index (κ3) is 2.61. The van der Waals surface area contributed by atoms with Crippen molar-refractivity contribution in [2.24, 2.45) is 0 Å². The number of aliphatic hydroxyl groups is 1. The number of aliphatic hydroxyl groups excluding tert-OH is 1. The van der Waals surface area contributed by atoms with E-state index < -0.39 is 0 Å². The number of nitrogens with zero attached hydrogens (tertiary/aromatic N) is 2. The van der Waals surface area contributed by atoms with Crippen molar-refractivity contribution in [2.45, 2.75) is 26.9 Å². The average molecular weight is 401 g/mol. The van der Waals surface area contributed by atoms with Crippen molar-refractivity contribution in [2.75, 3.05) is 6.61 Å². The highest BCUT2D eigenvalue weighted by molar-refractivity contribution is 6.42. The fourth-order valence-electron chi connectivity index (χ4n) is 2.23. The molecule has 2 aromatic rings. The summed E-state index contributed by atoms with van der Waals surface area (Å²) in [5.41, 5.74) is 2.06. The molecule has 2 rings (SSSR count). The summed E-state index contributed by atoms with van der Waals surface area (Å²) in [5, 5.41) is 10.2. The first-order valence-corrected chi connectivity index (χ1v) is 6.34. The lowest BCUT2D eigenvalue weighted by Crippen LogP contribution is -3.00. The molecule has 0 saturated heterocycles. The SMILES string of the molecule is CCn1c(C)[n+](CCO)c2cc(Cl)c(Cl)cc21.[I-]. The van der Waals surface area contributed by atoms with E-state index in [2.05, 4.69) is 16.1 Å². The predicted octanol–water partition coefficient (Wildman–Crippen LogP) is -0.440. The molecule has 1 N–H and O–H groups in total. The summed E-state index contributed by atoms with van der Waals surface area (Å²) in [6.07, 6.45) is 0. The Morgan fingerprint density at radius 2 is 1.89 bits per heavy atom. The molecule has 100 valence electrons. The Kier molecular flexibility index (Phi) is 5.70. The standard InChI is InChI=1S/C12H15Cl2N2O.HI/c1-3-15-8(2)16(4-5-17)12-7-10(14)9(13)6-11(12)15;/h6-7,17H,3-5H2,1-2H3;1H/q+1;/p-1. The molecule has 0 aliphatic heterocycles. The second kappa shape index (κ2) is 6.41. The van der Waals surface area contributed by atoms with Crippen molar-refractivity contribution >= 4 is 34.2 Å². The summed E-state index contributed by atoms with van der Waals surface area (Å²) >= 11 is 12.1. The van der Waals surface area contributed by atoms with E-state index >= 15 is 0 Å². The van der Waals surface area contributed by atoms with E-state index in [1.165, 1.54) is 0 Å². The molecule has 0 saturated carbocycles. The molecule has 0 radical (unpaired) electrons. The van der Waals surface area contributed by atoms with Crippen LogP contribution >= 0.6 is 23.2 Å².